The summed E-state index contributed by atoms with van der Waals surface area (Å²) in [5.74, 6) is 2.68. The lowest BCUT2D eigenvalue weighted by Crippen LogP contribution is -2.22. The van der Waals surface area contributed by atoms with Crippen molar-refractivity contribution >= 4 is 33.4 Å². The summed E-state index contributed by atoms with van der Waals surface area (Å²) in [5, 5.41) is 0. The molecule has 0 aliphatic rings. The molecule has 5 rings (SSSR count). The Balaban J connectivity index is 1.34. The van der Waals surface area contributed by atoms with Crippen LogP contribution in [-0.2, 0) is 0 Å². The Hall–Kier alpha value is -4.04. The predicted molar refractivity (Wildman–Crippen MR) is 137 cm³/mol. The smallest absolute Gasteiger partial charge is 0.274 e. The summed E-state index contributed by atoms with van der Waals surface area (Å²) in [5.41, 5.74) is 2.40. The van der Waals surface area contributed by atoms with Crippen LogP contribution in [0.2, 0.25) is 0 Å². The molecule has 0 amide bonds. The van der Waals surface area contributed by atoms with Gasteiger partial charge in [0.15, 0.2) is 16.5 Å². The summed E-state index contributed by atoms with van der Waals surface area (Å²) in [4.78, 5) is 18.3. The lowest BCUT2D eigenvalue weighted by molar-refractivity contribution is 0.208. The molecule has 0 spiro atoms. The predicted octanol–water partition coefficient (Wildman–Crippen LogP) is 4.32. The Bertz CT molecular complexity index is 1590. The molecule has 0 fully saturated rings. The van der Waals surface area contributed by atoms with Gasteiger partial charge < -0.3 is 18.9 Å². The number of ether oxygens (including phenoxy) is 4. The molecule has 5 aromatic rings. The van der Waals surface area contributed by atoms with Crippen LogP contribution in [0.3, 0.4) is 0 Å². The summed E-state index contributed by atoms with van der Waals surface area (Å²) in [7, 11) is 1.62. The standard InChI is InChI=1S/C27H24N2O5S/c1-3-32-24-15-18(11-12-23(24)34-14-13-33-20-8-6-7-19(17-20)31-2)16-25-26(30)29-22-10-5-4-9-21(22)28-27(29)35-25/h4-12,15-17H,3,13-14H2,1-2H3. The quantitative estimate of drug-likeness (QED) is 0.288. The van der Waals surface area contributed by atoms with Crippen LogP contribution in [0.1, 0.15) is 12.5 Å². The summed E-state index contributed by atoms with van der Waals surface area (Å²) >= 11 is 1.37. The molecular weight excluding hydrogens is 464 g/mol. The molecule has 178 valence electrons. The number of imidazole rings is 1. The zero-order chi connectivity index (χ0) is 24.2. The van der Waals surface area contributed by atoms with Gasteiger partial charge in [-0.15, -0.1) is 0 Å². The second-order valence-electron chi connectivity index (χ2n) is 7.65. The van der Waals surface area contributed by atoms with Gasteiger partial charge in [-0.05, 0) is 55.0 Å². The highest BCUT2D eigenvalue weighted by Gasteiger charge is 2.11. The van der Waals surface area contributed by atoms with E-state index >= 15 is 0 Å². The number of thiazole rings is 1. The van der Waals surface area contributed by atoms with Crippen molar-refractivity contribution in [3.8, 4) is 23.0 Å². The molecule has 3 aromatic carbocycles. The summed E-state index contributed by atoms with van der Waals surface area (Å²) in [6, 6.07) is 20.7. The number of aromatic nitrogens is 2. The molecule has 0 unspecified atom stereocenters. The van der Waals surface area contributed by atoms with Crippen LogP contribution in [0.4, 0.5) is 0 Å². The summed E-state index contributed by atoms with van der Waals surface area (Å²) < 4.78 is 24.9. The Morgan fingerprint density at radius 3 is 2.60 bits per heavy atom. The maximum atomic E-state index is 13.0. The summed E-state index contributed by atoms with van der Waals surface area (Å²) in [6.07, 6.45) is 1.86. The largest absolute Gasteiger partial charge is 0.497 e. The molecule has 8 heteroatoms. The number of rotatable bonds is 9. The first-order valence-electron chi connectivity index (χ1n) is 11.2. The highest BCUT2D eigenvalue weighted by molar-refractivity contribution is 7.15. The molecule has 35 heavy (non-hydrogen) atoms. The first-order chi connectivity index (χ1) is 17.2. The third-order valence-corrected chi connectivity index (χ3v) is 6.33. The van der Waals surface area contributed by atoms with Gasteiger partial charge in [0.05, 0.1) is 29.3 Å². The van der Waals surface area contributed by atoms with Crippen molar-refractivity contribution in [2.75, 3.05) is 26.9 Å². The van der Waals surface area contributed by atoms with Crippen LogP contribution in [0.25, 0.3) is 22.1 Å². The van der Waals surface area contributed by atoms with Crippen molar-refractivity contribution in [1.82, 2.24) is 9.38 Å². The molecule has 0 aliphatic heterocycles. The topological polar surface area (TPSA) is 71.3 Å². The van der Waals surface area contributed by atoms with Gasteiger partial charge in [0, 0.05) is 6.07 Å². The molecule has 0 saturated carbocycles. The van der Waals surface area contributed by atoms with Crippen LogP contribution in [0.15, 0.2) is 71.5 Å². The van der Waals surface area contributed by atoms with Crippen molar-refractivity contribution in [2.45, 2.75) is 6.92 Å². The van der Waals surface area contributed by atoms with E-state index in [0.717, 1.165) is 22.3 Å². The van der Waals surface area contributed by atoms with Crippen molar-refractivity contribution in [1.29, 1.82) is 0 Å². The zero-order valence-electron chi connectivity index (χ0n) is 19.4. The van der Waals surface area contributed by atoms with Crippen LogP contribution < -0.4 is 29.0 Å². The van der Waals surface area contributed by atoms with Gasteiger partial charge in [-0.2, -0.15) is 0 Å². The maximum absolute atomic E-state index is 13.0. The zero-order valence-corrected chi connectivity index (χ0v) is 20.2. The van der Waals surface area contributed by atoms with E-state index in [-0.39, 0.29) is 5.56 Å². The van der Waals surface area contributed by atoms with Crippen LogP contribution in [-0.4, -0.2) is 36.3 Å². The molecule has 0 N–H and O–H groups in total. The van der Waals surface area contributed by atoms with E-state index in [1.165, 1.54) is 11.3 Å². The van der Waals surface area contributed by atoms with Crippen molar-refractivity contribution in [3.05, 3.63) is 87.2 Å². The van der Waals surface area contributed by atoms with Gasteiger partial charge in [0.25, 0.3) is 5.56 Å². The fourth-order valence-corrected chi connectivity index (χ4v) is 4.75. The molecule has 0 bridgehead atoms. The SMILES string of the molecule is CCOc1cc(C=c2sc3nc4ccccc4n3c2=O)ccc1OCCOc1cccc(OC)c1. The van der Waals surface area contributed by atoms with Gasteiger partial charge in [-0.1, -0.05) is 35.6 Å². The maximum Gasteiger partial charge on any atom is 0.274 e. The lowest BCUT2D eigenvalue weighted by Gasteiger charge is -2.13. The minimum Gasteiger partial charge on any atom is -0.497 e. The Kier molecular flexibility index (Phi) is 6.54. The fraction of sp³-hybridized carbons (Fsp3) is 0.185. The van der Waals surface area contributed by atoms with Gasteiger partial charge in [-0.3, -0.25) is 4.79 Å². The number of benzene rings is 3. The number of nitrogens with zero attached hydrogens (tertiary/aromatic N) is 2. The number of para-hydroxylation sites is 2. The molecular formula is C27H24N2O5S. The molecule has 0 atom stereocenters. The molecule has 0 aliphatic carbocycles. The first kappa shape index (κ1) is 22.7. The third-order valence-electron chi connectivity index (χ3n) is 5.36. The first-order valence-corrected chi connectivity index (χ1v) is 12.1. The Morgan fingerprint density at radius 1 is 0.914 bits per heavy atom. The molecule has 0 saturated heterocycles. The van der Waals surface area contributed by atoms with Gasteiger partial charge in [-0.25, -0.2) is 9.38 Å². The van der Waals surface area contributed by atoms with E-state index in [2.05, 4.69) is 4.98 Å². The van der Waals surface area contributed by atoms with Crippen molar-refractivity contribution in [2.24, 2.45) is 0 Å². The number of hydrogen-bond acceptors (Lipinski definition) is 7. The average molecular weight is 489 g/mol. The van der Waals surface area contributed by atoms with Gasteiger partial charge in [0.1, 0.15) is 24.7 Å². The molecule has 2 aromatic heterocycles. The Labute approximate surface area is 205 Å². The fourth-order valence-electron chi connectivity index (χ4n) is 3.77. The van der Waals surface area contributed by atoms with Crippen molar-refractivity contribution in [3.63, 3.8) is 0 Å². The van der Waals surface area contributed by atoms with E-state index in [4.69, 9.17) is 18.9 Å². The number of hydrogen-bond donors (Lipinski definition) is 0. The summed E-state index contributed by atoms with van der Waals surface area (Å²) in [6.45, 7) is 3.13. The molecule has 7 nitrogen and oxygen atoms in total. The Morgan fingerprint density at radius 2 is 1.74 bits per heavy atom. The molecule has 0 radical (unpaired) electrons. The van der Waals surface area contributed by atoms with E-state index < -0.39 is 0 Å². The average Bonchev–Trinajstić information content (AvgIpc) is 3.39. The second-order valence-corrected chi connectivity index (χ2v) is 8.66. The van der Waals surface area contributed by atoms with Gasteiger partial charge in [0.2, 0.25) is 0 Å². The van der Waals surface area contributed by atoms with Crippen LogP contribution >= 0.6 is 11.3 Å². The highest BCUT2D eigenvalue weighted by atomic mass is 32.1. The highest BCUT2D eigenvalue weighted by Crippen LogP contribution is 2.29. The van der Waals surface area contributed by atoms with Gasteiger partial charge >= 0.3 is 0 Å². The molecule has 2 heterocycles. The number of methoxy groups -OCH3 is 1. The lowest BCUT2D eigenvalue weighted by atomic mass is 10.2. The van der Waals surface area contributed by atoms with Crippen LogP contribution in [0, 0.1) is 0 Å². The van der Waals surface area contributed by atoms with E-state index in [9.17, 15) is 4.79 Å². The van der Waals surface area contributed by atoms with E-state index in [1.54, 1.807) is 11.5 Å². The second kappa shape index (κ2) is 10.1. The van der Waals surface area contributed by atoms with E-state index in [0.29, 0.717) is 46.6 Å². The minimum absolute atomic E-state index is 0.0772. The minimum atomic E-state index is -0.0772. The monoisotopic (exact) mass is 488 g/mol. The van der Waals surface area contributed by atoms with E-state index in [1.807, 2.05) is 79.7 Å². The van der Waals surface area contributed by atoms with Crippen LogP contribution in [0.5, 0.6) is 23.0 Å². The van der Waals surface area contributed by atoms with Crippen molar-refractivity contribution < 1.29 is 18.9 Å². The number of fused-ring (bicyclic) bond motifs is 3. The normalized spacial score (nSPS) is 11.8. The third kappa shape index (κ3) is 4.79.